The van der Waals surface area contributed by atoms with Crippen molar-refractivity contribution in [2.75, 3.05) is 46.8 Å². The average Bonchev–Trinajstić information content (AvgIpc) is 2.49. The highest BCUT2D eigenvalue weighted by atomic mass is 32.2. The van der Waals surface area contributed by atoms with Crippen molar-refractivity contribution in [1.29, 1.82) is 0 Å². The van der Waals surface area contributed by atoms with Gasteiger partial charge in [0.05, 0.1) is 0 Å². The van der Waals surface area contributed by atoms with Crippen LogP contribution in [0.25, 0.3) is 0 Å². The average molecular weight is 318 g/mol. The highest BCUT2D eigenvalue weighted by Gasteiger charge is 2.35. The molecule has 21 heavy (non-hydrogen) atoms. The maximum atomic E-state index is 12.8. The summed E-state index contributed by atoms with van der Waals surface area (Å²) in [4.78, 5) is 2.31. The maximum Gasteiger partial charge on any atom is 0.282 e. The Labute approximate surface area is 129 Å². The zero-order valence-corrected chi connectivity index (χ0v) is 14.2. The fourth-order valence-electron chi connectivity index (χ4n) is 3.39. The molecule has 2 heterocycles. The molecule has 0 radical (unpaired) electrons. The lowest BCUT2D eigenvalue weighted by molar-refractivity contribution is 0.192. The topological polar surface area (TPSA) is 69.9 Å². The highest BCUT2D eigenvalue weighted by Crippen LogP contribution is 2.24. The lowest BCUT2D eigenvalue weighted by Crippen LogP contribution is -2.53. The molecule has 0 aliphatic carbocycles. The second kappa shape index (κ2) is 7.37. The van der Waals surface area contributed by atoms with Gasteiger partial charge in [0.25, 0.3) is 10.2 Å². The Hall–Kier alpha value is -0.210. The van der Waals surface area contributed by atoms with E-state index >= 15 is 0 Å². The van der Waals surface area contributed by atoms with Gasteiger partial charge in [0, 0.05) is 32.7 Å². The van der Waals surface area contributed by atoms with Crippen molar-refractivity contribution in [2.24, 2.45) is 11.7 Å². The molecule has 7 heteroatoms. The van der Waals surface area contributed by atoms with E-state index in [0.717, 1.165) is 45.2 Å². The van der Waals surface area contributed by atoms with Gasteiger partial charge in [-0.1, -0.05) is 6.42 Å². The molecule has 0 aromatic rings. The minimum atomic E-state index is -3.36. The van der Waals surface area contributed by atoms with Crippen molar-refractivity contribution in [3.63, 3.8) is 0 Å². The van der Waals surface area contributed by atoms with Gasteiger partial charge in [-0.2, -0.15) is 17.0 Å². The molecule has 0 bridgehead atoms. The van der Waals surface area contributed by atoms with E-state index in [2.05, 4.69) is 11.9 Å². The molecule has 2 N–H and O–H groups in total. The molecule has 124 valence electrons. The van der Waals surface area contributed by atoms with E-state index in [9.17, 15) is 8.42 Å². The molecule has 2 aliphatic rings. The second-order valence-electron chi connectivity index (χ2n) is 6.53. The molecule has 1 unspecified atom stereocenters. The molecule has 2 rings (SSSR count). The van der Waals surface area contributed by atoms with E-state index in [4.69, 9.17) is 5.73 Å². The normalized spacial score (nSPS) is 27.3. The Morgan fingerprint density at radius 3 is 2.43 bits per heavy atom. The van der Waals surface area contributed by atoms with Crippen molar-refractivity contribution in [3.8, 4) is 0 Å². The fourth-order valence-corrected chi connectivity index (χ4v) is 5.08. The number of likely N-dealkylation sites (tertiary alicyclic amines) is 1. The van der Waals surface area contributed by atoms with Crippen LogP contribution in [-0.2, 0) is 10.2 Å². The number of hydrogen-bond acceptors (Lipinski definition) is 4. The molecular weight excluding hydrogens is 288 g/mol. The third kappa shape index (κ3) is 4.16. The maximum absolute atomic E-state index is 12.8. The van der Waals surface area contributed by atoms with Crippen LogP contribution >= 0.6 is 0 Å². The molecule has 2 saturated heterocycles. The summed E-state index contributed by atoms with van der Waals surface area (Å²) in [5.41, 5.74) is 5.76. The number of piperidine rings is 2. The number of nitrogens with two attached hydrogens (primary N) is 1. The van der Waals surface area contributed by atoms with E-state index < -0.39 is 10.2 Å². The number of hydrogen-bond donors (Lipinski definition) is 1. The SMILES string of the molecule is CN1CCC(CN(C)S(=O)(=O)N2CCCCC2CN)CC1. The van der Waals surface area contributed by atoms with E-state index in [1.54, 1.807) is 15.7 Å². The summed E-state index contributed by atoms with van der Waals surface area (Å²) in [6.07, 6.45) is 5.06. The van der Waals surface area contributed by atoms with Crippen LogP contribution < -0.4 is 5.73 Å². The van der Waals surface area contributed by atoms with E-state index in [-0.39, 0.29) is 6.04 Å². The van der Waals surface area contributed by atoms with Crippen LogP contribution in [0.2, 0.25) is 0 Å². The van der Waals surface area contributed by atoms with E-state index in [1.807, 2.05) is 0 Å². The molecule has 6 nitrogen and oxygen atoms in total. The molecular formula is C14H30N4O2S. The standard InChI is InChI=1S/C14H30N4O2S/c1-16-9-6-13(7-10-16)12-17(2)21(19,20)18-8-4-3-5-14(18)11-15/h13-14H,3-12,15H2,1-2H3. The van der Waals surface area contributed by atoms with Gasteiger partial charge in [-0.3, -0.25) is 0 Å². The monoisotopic (exact) mass is 318 g/mol. The lowest BCUT2D eigenvalue weighted by Gasteiger charge is -2.38. The van der Waals surface area contributed by atoms with Gasteiger partial charge in [0.15, 0.2) is 0 Å². The Bertz CT molecular complexity index is 421. The van der Waals surface area contributed by atoms with Gasteiger partial charge in [0.1, 0.15) is 0 Å². The zero-order chi connectivity index (χ0) is 15.5. The summed E-state index contributed by atoms with van der Waals surface area (Å²) in [5, 5.41) is 0. The summed E-state index contributed by atoms with van der Waals surface area (Å²) in [6, 6.07) is -0.0244. The molecule has 2 fully saturated rings. The minimum absolute atomic E-state index is 0.0244. The Morgan fingerprint density at radius 1 is 1.14 bits per heavy atom. The first kappa shape index (κ1) is 17.1. The van der Waals surface area contributed by atoms with Crippen molar-refractivity contribution in [2.45, 2.75) is 38.1 Å². The summed E-state index contributed by atoms with van der Waals surface area (Å²) in [5.74, 6) is 0.474. The third-order valence-corrected chi connectivity index (χ3v) is 6.90. The van der Waals surface area contributed by atoms with Crippen molar-refractivity contribution < 1.29 is 8.42 Å². The van der Waals surface area contributed by atoms with Crippen LogP contribution in [0.3, 0.4) is 0 Å². The molecule has 0 amide bonds. The summed E-state index contributed by atoms with van der Waals surface area (Å²) < 4.78 is 28.7. The Morgan fingerprint density at radius 2 is 1.81 bits per heavy atom. The Kier molecular flexibility index (Phi) is 6.02. The number of rotatable bonds is 5. The van der Waals surface area contributed by atoms with Gasteiger partial charge in [-0.05, 0) is 51.7 Å². The van der Waals surface area contributed by atoms with Crippen LogP contribution in [0.5, 0.6) is 0 Å². The van der Waals surface area contributed by atoms with E-state index in [0.29, 0.717) is 25.6 Å². The second-order valence-corrected chi connectivity index (χ2v) is 8.52. The molecule has 0 aromatic carbocycles. The summed E-state index contributed by atoms with van der Waals surface area (Å²) in [7, 11) is 0.476. The minimum Gasteiger partial charge on any atom is -0.329 e. The van der Waals surface area contributed by atoms with Gasteiger partial charge in [-0.15, -0.1) is 0 Å². The molecule has 0 aromatic heterocycles. The summed E-state index contributed by atoms with van der Waals surface area (Å²) in [6.45, 7) is 3.79. The van der Waals surface area contributed by atoms with Gasteiger partial charge < -0.3 is 10.6 Å². The summed E-state index contributed by atoms with van der Waals surface area (Å²) >= 11 is 0. The largest absolute Gasteiger partial charge is 0.329 e. The third-order valence-electron chi connectivity index (χ3n) is 4.89. The van der Waals surface area contributed by atoms with Crippen LogP contribution in [0.1, 0.15) is 32.1 Å². The smallest absolute Gasteiger partial charge is 0.282 e. The predicted octanol–water partition coefficient (Wildman–Crippen LogP) is 0.318. The zero-order valence-electron chi connectivity index (χ0n) is 13.4. The Balaban J connectivity index is 1.97. The van der Waals surface area contributed by atoms with E-state index in [1.165, 1.54) is 0 Å². The van der Waals surface area contributed by atoms with Crippen molar-refractivity contribution >= 4 is 10.2 Å². The van der Waals surface area contributed by atoms with Crippen LogP contribution in [0, 0.1) is 5.92 Å². The molecule has 0 saturated carbocycles. The van der Waals surface area contributed by atoms with Crippen LogP contribution in [0.15, 0.2) is 0 Å². The first-order valence-electron chi connectivity index (χ1n) is 8.07. The molecule has 1 atom stereocenters. The number of nitrogens with zero attached hydrogens (tertiary/aromatic N) is 3. The lowest BCUT2D eigenvalue weighted by atomic mass is 9.97. The first-order valence-corrected chi connectivity index (χ1v) is 9.46. The quantitative estimate of drug-likeness (QED) is 0.792. The first-order chi connectivity index (χ1) is 9.95. The van der Waals surface area contributed by atoms with Crippen LogP contribution in [-0.4, -0.2) is 74.8 Å². The van der Waals surface area contributed by atoms with Gasteiger partial charge >= 0.3 is 0 Å². The predicted molar refractivity (Wildman–Crippen MR) is 85.2 cm³/mol. The van der Waals surface area contributed by atoms with Crippen LogP contribution in [0.4, 0.5) is 0 Å². The van der Waals surface area contributed by atoms with Crippen molar-refractivity contribution in [3.05, 3.63) is 0 Å². The molecule has 2 aliphatic heterocycles. The molecule has 0 spiro atoms. The van der Waals surface area contributed by atoms with Crippen molar-refractivity contribution in [1.82, 2.24) is 13.5 Å². The fraction of sp³-hybridized carbons (Fsp3) is 1.00. The highest BCUT2D eigenvalue weighted by molar-refractivity contribution is 7.86. The van der Waals surface area contributed by atoms with Gasteiger partial charge in [-0.25, -0.2) is 0 Å². The van der Waals surface area contributed by atoms with Gasteiger partial charge in [0.2, 0.25) is 0 Å².